The van der Waals surface area contributed by atoms with Crippen LogP contribution in [0.5, 0.6) is 0 Å². The molecular formula is C4H6ClNa. The maximum atomic E-state index is 5.21. The third-order valence-corrected chi connectivity index (χ3v) is 0.531. The van der Waals surface area contributed by atoms with E-state index in [-0.39, 0.29) is 29.6 Å². The second kappa shape index (κ2) is 5.90. The van der Waals surface area contributed by atoms with Crippen molar-refractivity contribution in [2.45, 2.75) is 6.92 Å². The third kappa shape index (κ3) is 8.86. The molecule has 0 bridgehead atoms. The molecular weight excluding hydrogens is 106 g/mol. The Hall–Kier alpha value is 0.900. The van der Waals surface area contributed by atoms with Gasteiger partial charge in [-0.05, 0) is 0 Å². The first kappa shape index (κ1) is 10.0. The van der Waals surface area contributed by atoms with E-state index in [1.165, 1.54) is 0 Å². The van der Waals surface area contributed by atoms with Gasteiger partial charge in [0.2, 0.25) is 0 Å². The molecule has 0 fully saturated rings. The maximum absolute atomic E-state index is 5.21. The summed E-state index contributed by atoms with van der Waals surface area (Å²) in [5.41, 5.74) is 0. The summed E-state index contributed by atoms with van der Waals surface area (Å²) in [6, 6.07) is 0. The van der Waals surface area contributed by atoms with Crippen LogP contribution >= 0.6 is 11.6 Å². The molecule has 0 atom stereocenters. The molecule has 0 unspecified atom stereocenters. The van der Waals surface area contributed by atoms with Crippen LogP contribution in [-0.4, -0.2) is 0 Å². The van der Waals surface area contributed by atoms with Gasteiger partial charge in [0.25, 0.3) is 0 Å². The summed E-state index contributed by atoms with van der Waals surface area (Å²) in [7, 11) is 0. The van der Waals surface area contributed by atoms with E-state index >= 15 is 0 Å². The van der Waals surface area contributed by atoms with E-state index in [2.05, 4.69) is 6.92 Å². The van der Waals surface area contributed by atoms with Crippen LogP contribution in [0, 0.1) is 6.92 Å². The van der Waals surface area contributed by atoms with Crippen LogP contribution in [0.1, 0.15) is 6.92 Å². The Bertz CT molecular complexity index is 45.5. The molecule has 0 radical (unpaired) electrons. The van der Waals surface area contributed by atoms with Gasteiger partial charge in [0, 0.05) is 0 Å². The molecule has 0 nitrogen and oxygen atoms in total. The Morgan fingerprint density at radius 1 is 1.83 bits per heavy atom. The molecule has 0 saturated heterocycles. The average Bonchev–Trinajstić information content (AvgIpc) is 1.38. The second-order valence-corrected chi connectivity index (χ2v) is 1.22. The summed E-state index contributed by atoms with van der Waals surface area (Å²) in [5, 5.41) is 0.602. The van der Waals surface area contributed by atoms with Crippen LogP contribution in [0.15, 0.2) is 11.1 Å². The van der Waals surface area contributed by atoms with Gasteiger partial charge in [-0.25, -0.2) is 13.0 Å². The van der Waals surface area contributed by atoms with E-state index < -0.39 is 0 Å². The fourth-order valence-corrected chi connectivity index (χ4v) is 0. The van der Waals surface area contributed by atoms with Crippen molar-refractivity contribution in [2.75, 3.05) is 0 Å². The third-order valence-electron chi connectivity index (χ3n) is 0.313. The fourth-order valence-electron chi connectivity index (χ4n) is 0. The Labute approximate surface area is 65.9 Å². The van der Waals surface area contributed by atoms with E-state index in [9.17, 15) is 0 Å². The molecule has 30 valence electrons. The number of rotatable bonds is 0. The van der Waals surface area contributed by atoms with Crippen molar-refractivity contribution >= 4 is 11.6 Å². The van der Waals surface area contributed by atoms with E-state index in [1.54, 1.807) is 6.08 Å². The van der Waals surface area contributed by atoms with Crippen LogP contribution in [0.3, 0.4) is 0 Å². The van der Waals surface area contributed by atoms with Crippen molar-refractivity contribution < 1.29 is 29.6 Å². The zero-order valence-corrected chi connectivity index (χ0v) is 6.92. The molecule has 0 N–H and O–H groups in total. The van der Waals surface area contributed by atoms with Crippen LogP contribution < -0.4 is 29.6 Å². The number of hydrogen-bond donors (Lipinski definition) is 0. The topological polar surface area (TPSA) is 0 Å². The van der Waals surface area contributed by atoms with Crippen LogP contribution in [0.4, 0.5) is 0 Å². The second-order valence-electron chi connectivity index (χ2n) is 0.736. The first-order chi connectivity index (χ1) is 2.27. The number of allylic oxidation sites excluding steroid dienone is 2. The van der Waals surface area contributed by atoms with Crippen molar-refractivity contribution in [3.8, 4) is 0 Å². The molecule has 2 heteroatoms. The summed E-state index contributed by atoms with van der Waals surface area (Å²) in [4.78, 5) is 0. The van der Waals surface area contributed by atoms with Crippen LogP contribution in [0.25, 0.3) is 0 Å². The molecule has 0 amide bonds. The standard InChI is InChI=1S/C4H6Cl.Na/c1-3-4(2)5;/h3H,2H2,1H3;/q-1;+1. The summed E-state index contributed by atoms with van der Waals surface area (Å²) in [6.07, 6.45) is 1.74. The van der Waals surface area contributed by atoms with Crippen molar-refractivity contribution in [2.24, 2.45) is 0 Å². The molecule has 0 aliphatic carbocycles. The summed E-state index contributed by atoms with van der Waals surface area (Å²) in [6.45, 7) is 5.23. The van der Waals surface area contributed by atoms with Gasteiger partial charge in [-0.15, -0.1) is 23.6 Å². The molecule has 0 aromatic rings. The van der Waals surface area contributed by atoms with Gasteiger partial charge in [-0.3, -0.25) is 0 Å². The Morgan fingerprint density at radius 3 is 2.00 bits per heavy atom. The molecule has 0 aliphatic rings. The zero-order valence-electron chi connectivity index (χ0n) is 4.16. The monoisotopic (exact) mass is 112 g/mol. The molecule has 0 saturated carbocycles. The molecule has 0 heterocycles. The number of halogens is 1. The van der Waals surface area contributed by atoms with Crippen molar-refractivity contribution in [3.63, 3.8) is 0 Å². The SMILES string of the molecule is [CH2-]C(Cl)=CC.[Na+]. The first-order valence-electron chi connectivity index (χ1n) is 1.41. The van der Waals surface area contributed by atoms with Gasteiger partial charge in [0.1, 0.15) is 0 Å². The minimum Gasteiger partial charge on any atom is -0.227 e. The Morgan fingerprint density at radius 2 is 2.00 bits per heavy atom. The van der Waals surface area contributed by atoms with Gasteiger partial charge in [-0.2, -0.15) is 0 Å². The van der Waals surface area contributed by atoms with Crippen molar-refractivity contribution in [1.82, 2.24) is 0 Å². The van der Waals surface area contributed by atoms with Gasteiger partial charge < -0.3 is 0 Å². The molecule has 0 aromatic heterocycles. The average molecular weight is 113 g/mol. The maximum Gasteiger partial charge on any atom is 1.00 e. The predicted molar refractivity (Wildman–Crippen MR) is 25.0 cm³/mol. The van der Waals surface area contributed by atoms with Gasteiger partial charge in [0.05, 0.1) is 0 Å². The molecule has 0 spiro atoms. The van der Waals surface area contributed by atoms with Crippen LogP contribution in [-0.2, 0) is 0 Å². The van der Waals surface area contributed by atoms with E-state index in [0.29, 0.717) is 5.03 Å². The van der Waals surface area contributed by atoms with Crippen molar-refractivity contribution in [3.05, 3.63) is 18.0 Å². The molecule has 0 aromatic carbocycles. The summed E-state index contributed by atoms with van der Waals surface area (Å²) < 4.78 is 0. The summed E-state index contributed by atoms with van der Waals surface area (Å²) in [5.74, 6) is 0. The van der Waals surface area contributed by atoms with Crippen LogP contribution in [0.2, 0.25) is 0 Å². The summed E-state index contributed by atoms with van der Waals surface area (Å²) >= 11 is 5.21. The number of hydrogen-bond acceptors (Lipinski definition) is 0. The fraction of sp³-hybridized carbons (Fsp3) is 0.250. The molecule has 0 rings (SSSR count). The van der Waals surface area contributed by atoms with E-state index in [4.69, 9.17) is 11.6 Å². The minimum absolute atomic E-state index is 0. The van der Waals surface area contributed by atoms with Crippen molar-refractivity contribution in [1.29, 1.82) is 0 Å². The van der Waals surface area contributed by atoms with Gasteiger partial charge in [0.15, 0.2) is 0 Å². The van der Waals surface area contributed by atoms with Gasteiger partial charge in [-0.1, -0.05) is 0 Å². The zero-order chi connectivity index (χ0) is 4.28. The predicted octanol–water partition coefficient (Wildman–Crippen LogP) is -1.03. The van der Waals surface area contributed by atoms with E-state index in [0.717, 1.165) is 0 Å². The quantitative estimate of drug-likeness (QED) is 0.278. The van der Waals surface area contributed by atoms with E-state index in [1.807, 2.05) is 6.92 Å². The largest absolute Gasteiger partial charge is 1.00 e. The molecule has 0 aliphatic heterocycles. The Balaban J connectivity index is 0. The smallest absolute Gasteiger partial charge is 0.227 e. The van der Waals surface area contributed by atoms with Gasteiger partial charge >= 0.3 is 29.6 Å². The molecule has 6 heavy (non-hydrogen) atoms. The normalized spacial score (nSPS) is 10.0. The minimum atomic E-state index is 0. The Kier molecular flexibility index (Phi) is 9.84. The first-order valence-corrected chi connectivity index (χ1v) is 1.79.